The molecule has 1 heterocycles. The number of ketones is 1. The van der Waals surface area contributed by atoms with E-state index in [9.17, 15) is 19.2 Å². The van der Waals surface area contributed by atoms with Crippen molar-refractivity contribution in [3.8, 4) is 5.75 Å². The van der Waals surface area contributed by atoms with E-state index in [0.717, 1.165) is 16.0 Å². The summed E-state index contributed by atoms with van der Waals surface area (Å²) in [7, 11) is 1.30. The number of halogens is 3. The Kier molecular flexibility index (Phi) is 7.09. The summed E-state index contributed by atoms with van der Waals surface area (Å²) >= 11 is 18.4. The number of benzene rings is 3. The topological polar surface area (TPSA) is 90.0 Å². The van der Waals surface area contributed by atoms with Crippen LogP contribution in [0.25, 0.3) is 0 Å². The van der Waals surface area contributed by atoms with Crippen molar-refractivity contribution in [3.63, 3.8) is 0 Å². The van der Waals surface area contributed by atoms with Crippen LogP contribution in [0.4, 0.5) is 5.69 Å². The first kappa shape index (κ1) is 25.7. The third-order valence-corrected chi connectivity index (χ3v) is 6.85. The summed E-state index contributed by atoms with van der Waals surface area (Å²) in [5.41, 5.74) is 2.44. The molecule has 3 aromatic rings. The van der Waals surface area contributed by atoms with E-state index < -0.39 is 24.4 Å². The number of nitrogens with zero attached hydrogens (tertiary/aromatic N) is 1. The molecule has 0 aliphatic carbocycles. The quantitative estimate of drug-likeness (QED) is 0.210. The van der Waals surface area contributed by atoms with Gasteiger partial charge in [0.1, 0.15) is 11.3 Å². The summed E-state index contributed by atoms with van der Waals surface area (Å²) in [5, 5.41) is 0.154. The van der Waals surface area contributed by atoms with Gasteiger partial charge in [-0.05, 0) is 49.2 Å². The van der Waals surface area contributed by atoms with Crippen LogP contribution in [0, 0.1) is 13.8 Å². The molecule has 0 bridgehead atoms. The molecule has 3 aromatic carbocycles. The van der Waals surface area contributed by atoms with Crippen molar-refractivity contribution in [2.75, 3.05) is 18.6 Å². The predicted molar refractivity (Wildman–Crippen MR) is 136 cm³/mol. The lowest BCUT2D eigenvalue weighted by atomic mass is 10.0. The number of ether oxygens (including phenoxy) is 2. The largest absolute Gasteiger partial charge is 0.496 e. The molecule has 184 valence electrons. The van der Waals surface area contributed by atoms with Gasteiger partial charge in [0.25, 0.3) is 11.8 Å². The Bertz CT molecular complexity index is 1430. The first-order chi connectivity index (χ1) is 17.0. The molecule has 1 aliphatic rings. The van der Waals surface area contributed by atoms with E-state index in [0.29, 0.717) is 5.56 Å². The van der Waals surface area contributed by atoms with Gasteiger partial charge in [0, 0.05) is 11.6 Å². The molecule has 0 saturated carbocycles. The predicted octanol–water partition coefficient (Wildman–Crippen LogP) is 6.11. The molecule has 0 spiro atoms. The summed E-state index contributed by atoms with van der Waals surface area (Å²) in [5.74, 6) is -2.57. The zero-order valence-corrected chi connectivity index (χ0v) is 21.5. The number of methoxy groups -OCH3 is 1. The number of hydrogen-bond acceptors (Lipinski definition) is 6. The number of imide groups is 1. The second-order valence-corrected chi connectivity index (χ2v) is 9.28. The standard InChI is InChI=1S/C26H18Cl3NO6/c1-12-4-5-14(6-13(12)2)22(31)11-36-26(34)17-9-20(29)21(10-23(17)35-3)30-24(32)15-7-18(27)19(28)8-16(15)25(30)33/h4-10H,11H2,1-3H3. The maximum Gasteiger partial charge on any atom is 0.342 e. The fraction of sp³-hybridized carbons (Fsp3) is 0.154. The van der Waals surface area contributed by atoms with Crippen LogP contribution in [0.15, 0.2) is 42.5 Å². The van der Waals surface area contributed by atoms with Crippen LogP contribution in [-0.2, 0) is 4.74 Å². The summed E-state index contributed by atoms with van der Waals surface area (Å²) in [6, 6.07) is 10.3. The van der Waals surface area contributed by atoms with Gasteiger partial charge in [-0.25, -0.2) is 9.69 Å². The maximum atomic E-state index is 13.0. The van der Waals surface area contributed by atoms with Gasteiger partial charge in [-0.3, -0.25) is 14.4 Å². The molecule has 36 heavy (non-hydrogen) atoms. The van der Waals surface area contributed by atoms with Crippen molar-refractivity contribution < 1.29 is 28.7 Å². The number of rotatable bonds is 6. The summed E-state index contributed by atoms with van der Waals surface area (Å²) in [6.07, 6.45) is 0. The smallest absolute Gasteiger partial charge is 0.342 e. The number of carbonyl (C=O) groups excluding carboxylic acids is 4. The van der Waals surface area contributed by atoms with Crippen LogP contribution < -0.4 is 9.64 Å². The Morgan fingerprint density at radius 2 is 1.44 bits per heavy atom. The normalized spacial score (nSPS) is 12.6. The van der Waals surface area contributed by atoms with Crippen LogP contribution in [0.2, 0.25) is 15.1 Å². The summed E-state index contributed by atoms with van der Waals surface area (Å²) in [4.78, 5) is 52.0. The van der Waals surface area contributed by atoms with Crippen LogP contribution in [0.5, 0.6) is 5.75 Å². The van der Waals surface area contributed by atoms with Crippen LogP contribution in [0.1, 0.15) is 52.6 Å². The van der Waals surface area contributed by atoms with E-state index in [4.69, 9.17) is 44.3 Å². The second kappa shape index (κ2) is 9.93. The van der Waals surface area contributed by atoms with Crippen molar-refractivity contribution in [2.45, 2.75) is 13.8 Å². The Balaban J connectivity index is 1.59. The lowest BCUT2D eigenvalue weighted by Gasteiger charge is -2.18. The van der Waals surface area contributed by atoms with Gasteiger partial charge in [0.05, 0.1) is 39.0 Å². The van der Waals surface area contributed by atoms with Gasteiger partial charge < -0.3 is 9.47 Å². The molecule has 0 N–H and O–H groups in total. The van der Waals surface area contributed by atoms with Gasteiger partial charge in [0.15, 0.2) is 12.4 Å². The lowest BCUT2D eigenvalue weighted by Crippen LogP contribution is -2.29. The Labute approximate surface area is 221 Å². The van der Waals surface area contributed by atoms with E-state index in [1.807, 2.05) is 19.9 Å². The number of carbonyl (C=O) groups is 4. The van der Waals surface area contributed by atoms with E-state index in [1.165, 1.54) is 31.4 Å². The van der Waals surface area contributed by atoms with Crippen LogP contribution in [0.3, 0.4) is 0 Å². The van der Waals surface area contributed by atoms with Crippen LogP contribution >= 0.6 is 34.8 Å². The molecule has 0 aromatic heterocycles. The van der Waals surface area contributed by atoms with Gasteiger partial charge in [-0.2, -0.15) is 0 Å². The van der Waals surface area contributed by atoms with E-state index >= 15 is 0 Å². The van der Waals surface area contributed by atoms with Crippen molar-refractivity contribution in [3.05, 3.63) is 90.9 Å². The third-order valence-electron chi connectivity index (χ3n) is 5.82. The highest BCUT2D eigenvalue weighted by molar-refractivity contribution is 6.45. The minimum absolute atomic E-state index is 0.00489. The molecule has 0 unspecified atom stereocenters. The number of esters is 1. The van der Waals surface area contributed by atoms with Crippen molar-refractivity contribution in [1.29, 1.82) is 0 Å². The minimum Gasteiger partial charge on any atom is -0.496 e. The fourth-order valence-electron chi connectivity index (χ4n) is 3.70. The van der Waals surface area contributed by atoms with Crippen molar-refractivity contribution in [2.24, 2.45) is 0 Å². The molecule has 4 rings (SSSR count). The molecule has 0 saturated heterocycles. The molecule has 1 aliphatic heterocycles. The molecule has 0 radical (unpaired) electrons. The Hall–Kier alpha value is -3.39. The minimum atomic E-state index is -0.863. The molecule has 10 heteroatoms. The molecule has 7 nitrogen and oxygen atoms in total. The first-order valence-electron chi connectivity index (χ1n) is 10.6. The van der Waals surface area contributed by atoms with Crippen molar-refractivity contribution >= 4 is 64.1 Å². The summed E-state index contributed by atoms with van der Waals surface area (Å²) in [6.45, 7) is 3.31. The zero-order chi connectivity index (χ0) is 26.3. The molecular formula is C26H18Cl3NO6. The average Bonchev–Trinajstić information content (AvgIpc) is 3.08. The van der Waals surface area contributed by atoms with Gasteiger partial charge >= 0.3 is 5.97 Å². The number of amides is 2. The molecule has 0 atom stereocenters. The monoisotopic (exact) mass is 545 g/mol. The first-order valence-corrected chi connectivity index (χ1v) is 11.7. The second-order valence-electron chi connectivity index (χ2n) is 8.06. The van der Waals surface area contributed by atoms with E-state index in [2.05, 4.69) is 0 Å². The molecule has 2 amide bonds. The number of fused-ring (bicyclic) bond motifs is 1. The van der Waals surface area contributed by atoms with Gasteiger partial charge in [-0.1, -0.05) is 46.9 Å². The highest BCUT2D eigenvalue weighted by atomic mass is 35.5. The number of aryl methyl sites for hydroxylation is 2. The Morgan fingerprint density at radius 3 is 2.00 bits per heavy atom. The molecule has 0 fully saturated rings. The van der Waals surface area contributed by atoms with Crippen molar-refractivity contribution in [1.82, 2.24) is 0 Å². The fourth-order valence-corrected chi connectivity index (χ4v) is 4.28. The molecular weight excluding hydrogens is 529 g/mol. The van der Waals surface area contributed by atoms with Gasteiger partial charge in [0.2, 0.25) is 0 Å². The SMILES string of the molecule is COc1cc(N2C(=O)c3cc(Cl)c(Cl)cc3C2=O)c(Cl)cc1C(=O)OCC(=O)c1ccc(C)c(C)c1. The third kappa shape index (κ3) is 4.57. The number of Topliss-reactive ketones (excluding diaryl/α,β-unsaturated/α-hetero) is 1. The van der Waals surface area contributed by atoms with E-state index in [-0.39, 0.29) is 49.0 Å². The summed E-state index contributed by atoms with van der Waals surface area (Å²) < 4.78 is 10.5. The Morgan fingerprint density at radius 1 is 0.833 bits per heavy atom. The number of anilines is 1. The van der Waals surface area contributed by atoms with Crippen LogP contribution in [-0.4, -0.2) is 37.3 Å². The van der Waals surface area contributed by atoms with E-state index in [1.54, 1.807) is 12.1 Å². The highest BCUT2D eigenvalue weighted by Gasteiger charge is 2.39. The lowest BCUT2D eigenvalue weighted by molar-refractivity contribution is 0.0471. The van der Waals surface area contributed by atoms with Gasteiger partial charge in [-0.15, -0.1) is 0 Å². The average molecular weight is 547 g/mol. The highest BCUT2D eigenvalue weighted by Crippen LogP contribution is 2.39. The zero-order valence-electron chi connectivity index (χ0n) is 19.3. The maximum absolute atomic E-state index is 13.0. The number of hydrogen-bond donors (Lipinski definition) is 0.